The molecule has 0 radical (unpaired) electrons. The Morgan fingerprint density at radius 2 is 1.85 bits per heavy atom. The van der Waals surface area contributed by atoms with Crippen molar-refractivity contribution in [3.05, 3.63) is 52.0 Å². The van der Waals surface area contributed by atoms with Crippen LogP contribution in [0.2, 0.25) is 5.02 Å². The van der Waals surface area contributed by atoms with E-state index in [1.807, 2.05) is 13.8 Å². The van der Waals surface area contributed by atoms with Gasteiger partial charge in [-0.15, -0.1) is 0 Å². The number of carboxylic acid groups (broad SMARTS) is 1. The largest absolute Gasteiger partial charge is 0.478 e. The SMILES string of the molecule is Cc1cc(Cl)cc(C)c1Oc1cccc(C(=O)O)c1N. The van der Waals surface area contributed by atoms with Crippen molar-refractivity contribution >= 4 is 23.3 Å². The van der Waals surface area contributed by atoms with E-state index in [9.17, 15) is 4.79 Å². The summed E-state index contributed by atoms with van der Waals surface area (Å²) in [6, 6.07) is 8.22. The molecule has 0 spiro atoms. The number of carboxylic acids is 1. The van der Waals surface area contributed by atoms with Gasteiger partial charge in [0.05, 0.1) is 11.3 Å². The van der Waals surface area contributed by atoms with Gasteiger partial charge in [-0.1, -0.05) is 17.7 Å². The Kier molecular flexibility index (Phi) is 3.86. The number of nitrogen functional groups attached to an aromatic ring is 1. The summed E-state index contributed by atoms with van der Waals surface area (Å²) in [4.78, 5) is 11.1. The number of aromatic carboxylic acids is 1. The molecule has 2 rings (SSSR count). The molecule has 20 heavy (non-hydrogen) atoms. The third kappa shape index (κ3) is 2.70. The number of benzene rings is 2. The van der Waals surface area contributed by atoms with Gasteiger partial charge in [-0.05, 0) is 49.2 Å². The molecule has 0 fully saturated rings. The number of halogens is 1. The van der Waals surface area contributed by atoms with Crippen LogP contribution in [0.1, 0.15) is 21.5 Å². The van der Waals surface area contributed by atoms with Crippen molar-refractivity contribution in [1.82, 2.24) is 0 Å². The van der Waals surface area contributed by atoms with Gasteiger partial charge in [-0.25, -0.2) is 4.79 Å². The Morgan fingerprint density at radius 3 is 2.40 bits per heavy atom. The van der Waals surface area contributed by atoms with Crippen LogP contribution in [0.15, 0.2) is 30.3 Å². The van der Waals surface area contributed by atoms with E-state index in [2.05, 4.69) is 0 Å². The molecular weight excluding hydrogens is 278 g/mol. The van der Waals surface area contributed by atoms with Crippen LogP contribution in [0.4, 0.5) is 5.69 Å². The van der Waals surface area contributed by atoms with Crippen LogP contribution < -0.4 is 10.5 Å². The highest BCUT2D eigenvalue weighted by Crippen LogP contribution is 2.35. The zero-order valence-corrected chi connectivity index (χ0v) is 11.9. The first-order chi connectivity index (χ1) is 9.40. The Bertz CT molecular complexity index is 660. The average Bonchev–Trinajstić information content (AvgIpc) is 2.35. The third-order valence-corrected chi connectivity index (χ3v) is 3.15. The van der Waals surface area contributed by atoms with E-state index in [1.165, 1.54) is 6.07 Å². The van der Waals surface area contributed by atoms with Crippen molar-refractivity contribution in [3.63, 3.8) is 0 Å². The molecule has 2 aromatic carbocycles. The third-order valence-electron chi connectivity index (χ3n) is 2.93. The Labute approximate surface area is 121 Å². The number of carbonyl (C=O) groups is 1. The van der Waals surface area contributed by atoms with E-state index in [1.54, 1.807) is 24.3 Å². The van der Waals surface area contributed by atoms with Gasteiger partial charge < -0.3 is 15.6 Å². The molecule has 0 amide bonds. The fraction of sp³-hybridized carbons (Fsp3) is 0.133. The molecule has 5 heteroatoms. The molecule has 4 nitrogen and oxygen atoms in total. The summed E-state index contributed by atoms with van der Waals surface area (Å²) in [5, 5.41) is 9.67. The highest BCUT2D eigenvalue weighted by atomic mass is 35.5. The Balaban J connectivity index is 2.46. The molecule has 0 heterocycles. The topological polar surface area (TPSA) is 72.5 Å². The van der Waals surface area contributed by atoms with Crippen molar-refractivity contribution in [2.45, 2.75) is 13.8 Å². The molecule has 0 saturated carbocycles. The maximum Gasteiger partial charge on any atom is 0.337 e. The first-order valence-corrected chi connectivity index (χ1v) is 6.34. The zero-order chi connectivity index (χ0) is 14.9. The fourth-order valence-corrected chi connectivity index (χ4v) is 2.32. The highest BCUT2D eigenvalue weighted by molar-refractivity contribution is 6.30. The van der Waals surface area contributed by atoms with Gasteiger partial charge >= 0.3 is 5.97 Å². The number of ether oxygens (including phenoxy) is 1. The van der Waals surface area contributed by atoms with Crippen LogP contribution in [-0.4, -0.2) is 11.1 Å². The van der Waals surface area contributed by atoms with Gasteiger partial charge in [0.25, 0.3) is 0 Å². The number of aryl methyl sites for hydroxylation is 2. The summed E-state index contributed by atoms with van der Waals surface area (Å²) in [5.41, 5.74) is 7.67. The van der Waals surface area contributed by atoms with Crippen LogP contribution >= 0.6 is 11.6 Å². The van der Waals surface area contributed by atoms with Crippen molar-refractivity contribution < 1.29 is 14.6 Å². The van der Waals surface area contributed by atoms with E-state index in [0.717, 1.165) is 11.1 Å². The van der Waals surface area contributed by atoms with Crippen LogP contribution in [0, 0.1) is 13.8 Å². The monoisotopic (exact) mass is 291 g/mol. The summed E-state index contributed by atoms with van der Waals surface area (Å²) in [7, 11) is 0. The second-order valence-corrected chi connectivity index (χ2v) is 4.93. The summed E-state index contributed by atoms with van der Waals surface area (Å²) in [5.74, 6) is -0.139. The predicted molar refractivity (Wildman–Crippen MR) is 78.8 cm³/mol. The molecule has 0 aromatic heterocycles. The maximum atomic E-state index is 11.1. The van der Waals surface area contributed by atoms with Gasteiger partial charge in [0.2, 0.25) is 0 Å². The maximum absolute atomic E-state index is 11.1. The van der Waals surface area contributed by atoms with Crippen molar-refractivity contribution in [2.24, 2.45) is 0 Å². The average molecular weight is 292 g/mol. The molecule has 0 aliphatic rings. The van der Waals surface area contributed by atoms with E-state index in [4.69, 9.17) is 27.2 Å². The number of hydrogen-bond acceptors (Lipinski definition) is 3. The lowest BCUT2D eigenvalue weighted by Crippen LogP contribution is -2.04. The lowest BCUT2D eigenvalue weighted by molar-refractivity contribution is 0.0698. The molecule has 3 N–H and O–H groups in total. The van der Waals surface area contributed by atoms with Crippen molar-refractivity contribution in [1.29, 1.82) is 0 Å². The predicted octanol–water partition coefficient (Wildman–Crippen LogP) is 4.03. The quantitative estimate of drug-likeness (QED) is 0.837. The number of anilines is 1. The zero-order valence-electron chi connectivity index (χ0n) is 11.1. The molecule has 0 bridgehead atoms. The molecule has 0 aliphatic heterocycles. The normalized spacial score (nSPS) is 10.3. The molecule has 0 saturated heterocycles. The fourth-order valence-electron chi connectivity index (χ4n) is 1.99. The van der Waals surface area contributed by atoms with E-state index >= 15 is 0 Å². The lowest BCUT2D eigenvalue weighted by atomic mass is 10.1. The number of para-hydroxylation sites is 1. The van der Waals surface area contributed by atoms with E-state index in [0.29, 0.717) is 16.5 Å². The van der Waals surface area contributed by atoms with Crippen LogP contribution in [0.5, 0.6) is 11.5 Å². The Morgan fingerprint density at radius 1 is 1.25 bits per heavy atom. The van der Waals surface area contributed by atoms with Gasteiger partial charge in [-0.2, -0.15) is 0 Å². The molecule has 104 valence electrons. The molecule has 2 aromatic rings. The minimum atomic E-state index is -1.09. The number of rotatable bonds is 3. The van der Waals surface area contributed by atoms with Crippen LogP contribution in [0.3, 0.4) is 0 Å². The van der Waals surface area contributed by atoms with Crippen molar-refractivity contribution in [3.8, 4) is 11.5 Å². The molecular formula is C15H14ClNO3. The van der Waals surface area contributed by atoms with Crippen LogP contribution in [-0.2, 0) is 0 Å². The first kappa shape index (κ1) is 14.2. The summed E-state index contributed by atoms with van der Waals surface area (Å²) in [6.45, 7) is 3.73. The smallest absolute Gasteiger partial charge is 0.337 e. The van der Waals surface area contributed by atoms with Gasteiger partial charge in [-0.3, -0.25) is 0 Å². The standard InChI is InChI=1S/C15H14ClNO3/c1-8-6-10(16)7-9(2)14(8)20-12-5-3-4-11(13(12)17)15(18)19/h3-7H,17H2,1-2H3,(H,18,19). The summed E-state index contributed by atoms with van der Waals surface area (Å²) in [6.07, 6.45) is 0. The minimum Gasteiger partial charge on any atom is -0.478 e. The van der Waals surface area contributed by atoms with Gasteiger partial charge in [0.1, 0.15) is 5.75 Å². The number of nitrogens with two attached hydrogens (primary N) is 1. The number of hydrogen-bond donors (Lipinski definition) is 2. The summed E-state index contributed by atoms with van der Waals surface area (Å²) < 4.78 is 5.77. The second kappa shape index (κ2) is 5.43. The van der Waals surface area contributed by atoms with Crippen molar-refractivity contribution in [2.75, 3.05) is 5.73 Å². The molecule has 0 aliphatic carbocycles. The van der Waals surface area contributed by atoms with E-state index in [-0.39, 0.29) is 11.3 Å². The highest BCUT2D eigenvalue weighted by Gasteiger charge is 2.14. The lowest BCUT2D eigenvalue weighted by Gasteiger charge is -2.14. The van der Waals surface area contributed by atoms with Gasteiger partial charge in [0, 0.05) is 5.02 Å². The van der Waals surface area contributed by atoms with Crippen LogP contribution in [0.25, 0.3) is 0 Å². The van der Waals surface area contributed by atoms with Gasteiger partial charge in [0.15, 0.2) is 5.75 Å². The summed E-state index contributed by atoms with van der Waals surface area (Å²) >= 11 is 5.97. The Hall–Kier alpha value is -2.20. The first-order valence-electron chi connectivity index (χ1n) is 5.96. The molecule has 0 atom stereocenters. The minimum absolute atomic E-state index is 0.0202. The molecule has 0 unspecified atom stereocenters. The second-order valence-electron chi connectivity index (χ2n) is 4.49. The van der Waals surface area contributed by atoms with E-state index < -0.39 is 5.97 Å².